The highest BCUT2D eigenvalue weighted by atomic mass is 19.1. The van der Waals surface area contributed by atoms with Gasteiger partial charge in [-0.2, -0.15) is 0 Å². The van der Waals surface area contributed by atoms with Crippen molar-refractivity contribution in [1.82, 2.24) is 4.57 Å². The van der Waals surface area contributed by atoms with Crippen LogP contribution in [0.1, 0.15) is 47.2 Å². The molecule has 168 valence electrons. The van der Waals surface area contributed by atoms with E-state index in [-0.39, 0.29) is 35.1 Å². The van der Waals surface area contributed by atoms with Crippen molar-refractivity contribution >= 4 is 22.6 Å². The van der Waals surface area contributed by atoms with Gasteiger partial charge in [-0.05, 0) is 38.3 Å². The first-order valence-electron chi connectivity index (χ1n) is 10.4. The highest BCUT2D eigenvalue weighted by Gasteiger charge is 2.29. The minimum atomic E-state index is -0.910. The van der Waals surface area contributed by atoms with Crippen LogP contribution in [0.15, 0.2) is 36.8 Å². The molecule has 1 atom stereocenters. The fourth-order valence-corrected chi connectivity index (χ4v) is 4.08. The Kier molecular flexibility index (Phi) is 4.89. The maximum Gasteiger partial charge on any atom is 0.519 e. The van der Waals surface area contributed by atoms with Crippen LogP contribution in [0.5, 0.6) is 0 Å². The molecular weight excluding hydrogens is 423 g/mol. The van der Waals surface area contributed by atoms with E-state index in [4.69, 9.17) is 13.6 Å². The van der Waals surface area contributed by atoms with Gasteiger partial charge in [0, 0.05) is 30.7 Å². The van der Waals surface area contributed by atoms with Crippen molar-refractivity contribution in [2.24, 2.45) is 0 Å². The first kappa shape index (κ1) is 20.5. The SMILES string of the molecule is Cc1oc(=O)oc1COC(=O)c1cn(C2CC2)c2cc(N3CCC(O)C3)c(F)cc2c1=O. The molecule has 1 N–H and O–H groups in total. The Morgan fingerprint density at radius 1 is 1.25 bits per heavy atom. The minimum Gasteiger partial charge on any atom is -0.454 e. The van der Waals surface area contributed by atoms with Crippen LogP contribution < -0.4 is 16.2 Å². The molecular formula is C22H21FN2O7. The third kappa shape index (κ3) is 3.60. The standard InChI is InChI=1S/C22H21FN2O7/c1-11-19(32-22(29)31-11)10-30-21(28)15-9-25(12-2-3-12)17-7-18(24-5-4-13(26)8-24)16(23)6-14(17)20(15)27/h6-7,9,12-13,26H,2-5,8,10H2,1H3. The molecule has 2 fully saturated rings. The first-order chi connectivity index (χ1) is 15.3. The number of fused-ring (bicyclic) bond motifs is 1. The van der Waals surface area contributed by atoms with Crippen molar-refractivity contribution in [1.29, 1.82) is 0 Å². The second-order valence-corrected chi connectivity index (χ2v) is 8.23. The van der Waals surface area contributed by atoms with Gasteiger partial charge in [-0.1, -0.05) is 0 Å². The fraction of sp³-hybridized carbons (Fsp3) is 0.409. The van der Waals surface area contributed by atoms with E-state index in [0.717, 1.165) is 18.9 Å². The van der Waals surface area contributed by atoms with E-state index < -0.39 is 29.1 Å². The van der Waals surface area contributed by atoms with Crippen molar-refractivity contribution in [3.63, 3.8) is 0 Å². The topological polar surface area (TPSA) is 115 Å². The van der Waals surface area contributed by atoms with Crippen molar-refractivity contribution < 1.29 is 27.9 Å². The molecule has 1 saturated carbocycles. The van der Waals surface area contributed by atoms with Crippen molar-refractivity contribution in [3.05, 3.63) is 62.1 Å². The number of pyridine rings is 1. The molecule has 3 heterocycles. The lowest BCUT2D eigenvalue weighted by atomic mass is 10.1. The molecule has 1 aromatic carbocycles. The smallest absolute Gasteiger partial charge is 0.454 e. The number of carbonyl (C=O) groups is 1. The number of rotatable bonds is 5. The van der Waals surface area contributed by atoms with Crippen LogP contribution in [0.25, 0.3) is 10.9 Å². The largest absolute Gasteiger partial charge is 0.519 e. The molecule has 2 aliphatic rings. The number of hydrogen-bond acceptors (Lipinski definition) is 8. The third-order valence-corrected chi connectivity index (χ3v) is 5.93. The van der Waals surface area contributed by atoms with Gasteiger partial charge in [0.2, 0.25) is 5.43 Å². The van der Waals surface area contributed by atoms with E-state index in [0.29, 0.717) is 30.7 Å². The molecule has 1 unspecified atom stereocenters. The van der Waals surface area contributed by atoms with Gasteiger partial charge in [-0.3, -0.25) is 4.79 Å². The molecule has 0 spiro atoms. The van der Waals surface area contributed by atoms with Crippen LogP contribution in [0.4, 0.5) is 10.1 Å². The van der Waals surface area contributed by atoms with Crippen molar-refractivity contribution in [3.8, 4) is 0 Å². The van der Waals surface area contributed by atoms with E-state index in [1.165, 1.54) is 13.1 Å². The molecule has 1 aliphatic heterocycles. The number of aryl methyl sites for hydroxylation is 1. The van der Waals surface area contributed by atoms with Crippen LogP contribution >= 0.6 is 0 Å². The van der Waals surface area contributed by atoms with Crippen LogP contribution in [0, 0.1) is 12.7 Å². The number of benzene rings is 1. The quantitative estimate of drug-likeness (QED) is 0.596. The highest BCUT2D eigenvalue weighted by molar-refractivity contribution is 5.94. The number of aliphatic hydroxyl groups excluding tert-OH is 1. The molecule has 0 radical (unpaired) electrons. The lowest BCUT2D eigenvalue weighted by Crippen LogP contribution is -2.24. The van der Waals surface area contributed by atoms with Crippen molar-refractivity contribution in [2.75, 3.05) is 18.0 Å². The molecule has 2 aromatic heterocycles. The van der Waals surface area contributed by atoms with Gasteiger partial charge in [-0.15, -0.1) is 0 Å². The van der Waals surface area contributed by atoms with Gasteiger partial charge < -0.3 is 28.1 Å². The van der Waals surface area contributed by atoms with E-state index in [1.54, 1.807) is 11.0 Å². The molecule has 32 heavy (non-hydrogen) atoms. The summed E-state index contributed by atoms with van der Waals surface area (Å²) in [5.41, 5.74) is -0.0111. The number of nitrogens with zero attached hydrogens (tertiary/aromatic N) is 2. The number of ether oxygens (including phenoxy) is 1. The summed E-state index contributed by atoms with van der Waals surface area (Å²) in [5, 5.41) is 9.89. The van der Waals surface area contributed by atoms with Gasteiger partial charge in [-0.25, -0.2) is 14.0 Å². The zero-order valence-corrected chi connectivity index (χ0v) is 17.3. The average Bonchev–Trinajstić information content (AvgIpc) is 3.42. The first-order valence-corrected chi connectivity index (χ1v) is 10.4. The Labute approximate surface area is 180 Å². The number of halogens is 1. The van der Waals surface area contributed by atoms with Gasteiger partial charge in [0.15, 0.2) is 18.1 Å². The molecule has 5 rings (SSSR count). The number of aliphatic hydroxyl groups is 1. The zero-order valence-electron chi connectivity index (χ0n) is 17.3. The fourth-order valence-electron chi connectivity index (χ4n) is 4.08. The van der Waals surface area contributed by atoms with E-state index in [9.17, 15) is 23.9 Å². The Morgan fingerprint density at radius 2 is 2.03 bits per heavy atom. The molecule has 3 aromatic rings. The van der Waals surface area contributed by atoms with E-state index in [2.05, 4.69) is 0 Å². The van der Waals surface area contributed by atoms with E-state index >= 15 is 0 Å². The van der Waals surface area contributed by atoms with Gasteiger partial charge in [0.05, 0.1) is 17.3 Å². The summed E-state index contributed by atoms with van der Waals surface area (Å²) in [6.07, 6.45) is 3.23. The van der Waals surface area contributed by atoms with E-state index in [1.807, 2.05) is 4.57 Å². The molecule has 0 bridgehead atoms. The van der Waals surface area contributed by atoms with Gasteiger partial charge in [0.1, 0.15) is 11.4 Å². The van der Waals surface area contributed by atoms with Crippen molar-refractivity contribution in [2.45, 2.75) is 44.9 Å². The number of hydrogen-bond donors (Lipinski definition) is 1. The molecule has 10 heteroatoms. The lowest BCUT2D eigenvalue weighted by molar-refractivity contribution is 0.0440. The normalized spacial score (nSPS) is 18.5. The zero-order chi connectivity index (χ0) is 22.6. The second kappa shape index (κ2) is 7.63. The summed E-state index contributed by atoms with van der Waals surface area (Å²) in [7, 11) is 0. The summed E-state index contributed by atoms with van der Waals surface area (Å²) in [6.45, 7) is 1.96. The van der Waals surface area contributed by atoms with Gasteiger partial charge in [0.25, 0.3) is 0 Å². The Balaban J connectivity index is 1.53. The highest BCUT2D eigenvalue weighted by Crippen LogP contribution is 2.38. The van der Waals surface area contributed by atoms with Crippen LogP contribution in [0.2, 0.25) is 0 Å². The van der Waals surface area contributed by atoms with Crippen LogP contribution in [-0.2, 0) is 11.3 Å². The summed E-state index contributed by atoms with van der Waals surface area (Å²) >= 11 is 0. The second-order valence-electron chi connectivity index (χ2n) is 8.23. The van der Waals surface area contributed by atoms with Gasteiger partial charge >= 0.3 is 11.8 Å². The Bertz CT molecular complexity index is 1330. The number of carbonyl (C=O) groups excluding carboxylic acids is 1. The minimum absolute atomic E-state index is 0.0511. The summed E-state index contributed by atoms with van der Waals surface area (Å²) in [6, 6.07) is 2.86. The number of β-amino-alcohol motifs (C(OH)–C–C–N with tert-alkyl or cyclic N) is 1. The Morgan fingerprint density at radius 3 is 2.66 bits per heavy atom. The lowest BCUT2D eigenvalue weighted by Gasteiger charge is -2.21. The molecule has 1 aliphatic carbocycles. The monoisotopic (exact) mass is 444 g/mol. The number of anilines is 1. The maximum absolute atomic E-state index is 14.9. The predicted octanol–water partition coefficient (Wildman–Crippen LogP) is 2.26. The predicted molar refractivity (Wildman–Crippen MR) is 110 cm³/mol. The Hall–Kier alpha value is -3.40. The summed E-state index contributed by atoms with van der Waals surface area (Å²) < 4.78 is 31.4. The summed E-state index contributed by atoms with van der Waals surface area (Å²) in [5.74, 6) is -2.17. The maximum atomic E-state index is 14.9. The molecule has 0 amide bonds. The molecule has 1 saturated heterocycles. The summed E-state index contributed by atoms with van der Waals surface area (Å²) in [4.78, 5) is 38.6. The average molecular weight is 444 g/mol. The number of aromatic nitrogens is 1. The van der Waals surface area contributed by atoms with Crippen LogP contribution in [0.3, 0.4) is 0 Å². The molecule has 9 nitrogen and oxygen atoms in total. The number of esters is 1. The van der Waals surface area contributed by atoms with Crippen LogP contribution in [-0.4, -0.2) is 34.8 Å². The third-order valence-electron chi connectivity index (χ3n) is 5.93.